The minimum absolute atomic E-state index is 0.152. The van der Waals surface area contributed by atoms with Crippen molar-refractivity contribution in [2.24, 2.45) is 0 Å². The van der Waals surface area contributed by atoms with Crippen LogP contribution in [-0.2, 0) is 21.7 Å². The molecule has 210 valence electrons. The molecule has 1 saturated heterocycles. The van der Waals surface area contributed by atoms with Crippen molar-refractivity contribution >= 4 is 11.6 Å². The summed E-state index contributed by atoms with van der Waals surface area (Å²) >= 11 is 0. The molecule has 1 heterocycles. The molecule has 0 aliphatic carbocycles. The molecule has 1 fully saturated rings. The lowest BCUT2D eigenvalue weighted by Gasteiger charge is -2.42. The molecule has 0 unspecified atom stereocenters. The quantitative estimate of drug-likeness (QED) is 0.259. The van der Waals surface area contributed by atoms with Crippen LogP contribution < -0.4 is 10.6 Å². The summed E-state index contributed by atoms with van der Waals surface area (Å²) in [7, 11) is 0. The number of carbonyl (C=O) groups excluding carboxylic acids is 1. The summed E-state index contributed by atoms with van der Waals surface area (Å²) in [4.78, 5) is 15.2. The third-order valence-electron chi connectivity index (χ3n) is 7.57. The van der Waals surface area contributed by atoms with E-state index in [4.69, 9.17) is 10.00 Å². The second kappa shape index (κ2) is 12.6. The summed E-state index contributed by atoms with van der Waals surface area (Å²) in [5.74, 6) is -0.697. The maximum Gasteiger partial charge on any atom is 0.308 e. The largest absolute Gasteiger partial charge is 0.508 e. The minimum Gasteiger partial charge on any atom is -0.508 e. The van der Waals surface area contributed by atoms with Gasteiger partial charge in [0, 0.05) is 43.5 Å². The van der Waals surface area contributed by atoms with E-state index in [0.717, 1.165) is 47.5 Å². The van der Waals surface area contributed by atoms with Crippen LogP contribution >= 0.6 is 0 Å². The number of nitrogens with zero attached hydrogens (tertiary/aromatic N) is 2. The molecule has 8 heteroatoms. The zero-order valence-corrected chi connectivity index (χ0v) is 23.0. The molecule has 1 amide bonds. The number of anilines is 1. The van der Waals surface area contributed by atoms with Crippen LogP contribution in [0.2, 0.25) is 0 Å². The van der Waals surface area contributed by atoms with E-state index in [0.29, 0.717) is 18.4 Å². The van der Waals surface area contributed by atoms with Crippen molar-refractivity contribution in [3.8, 4) is 34.8 Å². The Morgan fingerprint density at radius 2 is 1.60 bits per heavy atom. The van der Waals surface area contributed by atoms with Gasteiger partial charge in [0.1, 0.15) is 23.7 Å². The van der Waals surface area contributed by atoms with Gasteiger partial charge in [0.05, 0.1) is 17.2 Å². The molecular formula is C34H31N4O4+. The van der Waals surface area contributed by atoms with E-state index < -0.39 is 11.5 Å². The topological polar surface area (TPSA) is 130 Å². The summed E-state index contributed by atoms with van der Waals surface area (Å²) in [6, 6.07) is 31.8. The van der Waals surface area contributed by atoms with Gasteiger partial charge in [-0.2, -0.15) is 5.26 Å². The first-order chi connectivity index (χ1) is 20.4. The minimum atomic E-state index is -0.694. The maximum absolute atomic E-state index is 12.9. The highest BCUT2D eigenvalue weighted by molar-refractivity contribution is 5.92. The van der Waals surface area contributed by atoms with Crippen LogP contribution in [0.15, 0.2) is 91.0 Å². The number of likely N-dealkylation sites (tertiary alicyclic amines) is 1. The second-order valence-electron chi connectivity index (χ2n) is 10.4. The van der Waals surface area contributed by atoms with Crippen molar-refractivity contribution in [1.82, 2.24) is 4.90 Å². The van der Waals surface area contributed by atoms with E-state index in [1.54, 1.807) is 6.07 Å². The van der Waals surface area contributed by atoms with Gasteiger partial charge < -0.3 is 20.3 Å². The third kappa shape index (κ3) is 6.76. The summed E-state index contributed by atoms with van der Waals surface area (Å²) in [6.45, 7) is 2.08. The molecule has 0 aromatic heterocycles. The van der Waals surface area contributed by atoms with Crippen LogP contribution in [0.3, 0.4) is 0 Å². The van der Waals surface area contributed by atoms with Gasteiger partial charge in [0.2, 0.25) is 5.91 Å². The number of piperidine rings is 1. The van der Waals surface area contributed by atoms with Crippen molar-refractivity contribution in [2.45, 2.75) is 25.0 Å². The number of phenolic OH excluding ortho intramolecular Hbond substituents is 2. The zero-order chi connectivity index (χ0) is 29.5. The fourth-order valence-electron chi connectivity index (χ4n) is 5.34. The molecule has 0 radical (unpaired) electrons. The number of nitriles is 1. The van der Waals surface area contributed by atoms with Gasteiger partial charge >= 0.3 is 6.07 Å². The van der Waals surface area contributed by atoms with Crippen LogP contribution in [0.5, 0.6) is 11.5 Å². The average molecular weight is 560 g/mol. The molecule has 0 bridgehead atoms. The van der Waals surface area contributed by atoms with Crippen molar-refractivity contribution in [1.29, 1.82) is 5.26 Å². The molecule has 8 nitrogen and oxygen atoms in total. The Morgan fingerprint density at radius 3 is 2.24 bits per heavy atom. The van der Waals surface area contributed by atoms with Crippen LogP contribution in [0, 0.1) is 17.4 Å². The summed E-state index contributed by atoms with van der Waals surface area (Å²) in [6.07, 6.45) is 1.34. The lowest BCUT2D eigenvalue weighted by atomic mass is 9.83. The number of aromatic hydroxyl groups is 2. The third-order valence-corrected chi connectivity index (χ3v) is 7.57. The molecule has 0 spiro atoms. The van der Waals surface area contributed by atoms with Gasteiger partial charge in [0.15, 0.2) is 0 Å². The normalized spacial score (nSPS) is 14.4. The number of rotatable bonds is 8. The fourth-order valence-corrected chi connectivity index (χ4v) is 5.34. The van der Waals surface area contributed by atoms with Gasteiger partial charge in [-0.25, -0.2) is 0 Å². The van der Waals surface area contributed by atoms with Crippen LogP contribution in [0.25, 0.3) is 11.1 Å². The number of ether oxygens (including phenoxy) is 1. The zero-order valence-electron chi connectivity index (χ0n) is 23.0. The molecule has 0 saturated carbocycles. The molecule has 4 N–H and O–H groups in total. The molecule has 0 atom stereocenters. The van der Waals surface area contributed by atoms with E-state index in [2.05, 4.69) is 22.4 Å². The predicted octanol–water partition coefficient (Wildman–Crippen LogP) is 3.90. The molecule has 42 heavy (non-hydrogen) atoms. The standard InChI is InChI=1S/C34H30N4O4/c35-20-24-4-6-25(7-5-24)22-38-14-12-34(13-15-38,42-23-33(41)37-30-17-31(39)19-32(40)18-30)29-10-8-27(9-11-29)28-3-1-2-26(16-28)21-36/h1-11,16-19,39-40H,12-15,22-23H2,(H,37,41)/p+1. The smallest absolute Gasteiger partial charge is 0.308 e. The van der Waals surface area contributed by atoms with E-state index in [-0.39, 0.29) is 23.8 Å². The number of hydrogen-bond donors (Lipinski definition) is 4. The van der Waals surface area contributed by atoms with Crippen molar-refractivity contribution in [2.75, 3.05) is 25.0 Å². The molecule has 1 aliphatic heterocycles. The second-order valence-corrected chi connectivity index (χ2v) is 10.4. The summed E-state index contributed by atoms with van der Waals surface area (Å²) in [5.41, 5.74) is 4.98. The van der Waals surface area contributed by atoms with Gasteiger partial charge in [-0.15, -0.1) is 0 Å². The van der Waals surface area contributed by atoms with E-state index in [1.165, 1.54) is 18.2 Å². The lowest BCUT2D eigenvalue weighted by molar-refractivity contribution is -0.135. The Labute approximate surface area is 244 Å². The lowest BCUT2D eigenvalue weighted by Crippen LogP contribution is -2.45. The Balaban J connectivity index is 1.33. The number of amides is 1. The molecule has 4 aromatic carbocycles. The van der Waals surface area contributed by atoms with Crippen LogP contribution in [0.1, 0.15) is 35.1 Å². The van der Waals surface area contributed by atoms with Crippen LogP contribution in [-0.4, -0.2) is 40.7 Å². The number of nitrogens with one attached hydrogen (secondary N) is 2. The van der Waals surface area contributed by atoms with Crippen molar-refractivity contribution < 1.29 is 25.0 Å². The van der Waals surface area contributed by atoms with Gasteiger partial charge in [0.25, 0.3) is 0 Å². The fraction of sp³-hybridized carbons (Fsp3) is 0.206. The van der Waals surface area contributed by atoms with E-state index in [1.807, 2.05) is 66.7 Å². The van der Waals surface area contributed by atoms with Gasteiger partial charge in [-0.05, 0) is 59.4 Å². The van der Waals surface area contributed by atoms with Gasteiger partial charge in [-0.1, -0.05) is 53.8 Å². The maximum atomic E-state index is 12.9. The van der Waals surface area contributed by atoms with Gasteiger partial charge in [-0.3, -0.25) is 9.69 Å². The Hall–Kier alpha value is -5.15. The average Bonchev–Trinajstić information content (AvgIpc) is 3.01. The number of benzene rings is 4. The molecule has 4 aromatic rings. The first kappa shape index (κ1) is 28.4. The van der Waals surface area contributed by atoms with E-state index >= 15 is 0 Å². The molecule has 5 rings (SSSR count). The van der Waals surface area contributed by atoms with Crippen molar-refractivity contribution in [3.05, 3.63) is 113 Å². The van der Waals surface area contributed by atoms with E-state index in [9.17, 15) is 20.3 Å². The highest BCUT2D eigenvalue weighted by atomic mass is 16.5. The first-order valence-electron chi connectivity index (χ1n) is 13.7. The summed E-state index contributed by atoms with van der Waals surface area (Å²) in [5, 5.41) is 38.7. The highest BCUT2D eigenvalue weighted by Gasteiger charge is 2.38. The summed E-state index contributed by atoms with van der Waals surface area (Å²) < 4.78 is 6.43. The SMILES string of the molecule is N#Cc1cccc(-c2ccc(C3(OCC(=O)Nc4cc(O)cc(O)c4)CCN(Cc4ccc(C#[NH+])cc4)CC3)cc2)c1. The monoisotopic (exact) mass is 559 g/mol. The highest BCUT2D eigenvalue weighted by Crippen LogP contribution is 2.38. The number of phenols is 2. The molecule has 1 aliphatic rings. The number of hydrogen-bond acceptors (Lipinski definition) is 6. The Kier molecular flexibility index (Phi) is 8.50. The Bertz CT molecular complexity index is 1620. The van der Waals surface area contributed by atoms with Crippen molar-refractivity contribution in [3.63, 3.8) is 0 Å². The predicted molar refractivity (Wildman–Crippen MR) is 158 cm³/mol. The first-order valence-corrected chi connectivity index (χ1v) is 13.7. The Morgan fingerprint density at radius 1 is 0.905 bits per heavy atom. The number of carbonyl (C=O) groups is 1. The van der Waals surface area contributed by atoms with Crippen LogP contribution in [0.4, 0.5) is 5.69 Å². The molecular weight excluding hydrogens is 528 g/mol.